The largest absolute Gasteiger partial charge is 0.389 e. The van der Waals surface area contributed by atoms with Crippen LogP contribution in [0.1, 0.15) is 44.9 Å². The highest BCUT2D eigenvalue weighted by Crippen LogP contribution is 2.33. The molecule has 3 nitrogen and oxygen atoms in total. The lowest BCUT2D eigenvalue weighted by molar-refractivity contribution is -0.136. The van der Waals surface area contributed by atoms with Crippen LogP contribution in [0.5, 0.6) is 0 Å². The van der Waals surface area contributed by atoms with Gasteiger partial charge in [-0.25, -0.2) is 0 Å². The second-order valence-corrected chi connectivity index (χ2v) is 5.62. The number of nitrogens with one attached hydrogen (secondary N) is 2. The topological polar surface area (TPSA) is 41.1 Å². The second-order valence-electron chi connectivity index (χ2n) is 5.62. The Morgan fingerprint density at radius 3 is 2.60 bits per heavy atom. The highest BCUT2D eigenvalue weighted by molar-refractivity contribution is 5.85. The number of hydrogen-bond acceptors (Lipinski definition) is 2. The lowest BCUT2D eigenvalue weighted by atomic mass is 9.85. The molecule has 2 fully saturated rings. The average Bonchev–Trinajstić information content (AvgIpc) is 2.77. The summed E-state index contributed by atoms with van der Waals surface area (Å²) in [4.78, 5) is 11.9. The van der Waals surface area contributed by atoms with E-state index in [9.17, 15) is 18.0 Å². The van der Waals surface area contributed by atoms with E-state index in [0.717, 1.165) is 19.3 Å². The van der Waals surface area contributed by atoms with Gasteiger partial charge in [0.2, 0.25) is 5.91 Å². The molecule has 3 atom stereocenters. The lowest BCUT2D eigenvalue weighted by Crippen LogP contribution is -2.43. The van der Waals surface area contributed by atoms with Crippen molar-refractivity contribution in [3.8, 4) is 0 Å². The van der Waals surface area contributed by atoms with Crippen molar-refractivity contribution in [3.05, 3.63) is 0 Å². The van der Waals surface area contributed by atoms with Gasteiger partial charge in [-0.05, 0) is 31.6 Å². The number of fused-ring (bicyclic) bond motifs is 1. The van der Waals surface area contributed by atoms with Crippen LogP contribution >= 0.6 is 12.4 Å². The Morgan fingerprint density at radius 1 is 1.25 bits per heavy atom. The number of rotatable bonds is 4. The van der Waals surface area contributed by atoms with E-state index in [4.69, 9.17) is 0 Å². The van der Waals surface area contributed by atoms with E-state index < -0.39 is 12.6 Å². The molecule has 0 spiro atoms. The number of hydrogen-bond donors (Lipinski definition) is 2. The SMILES string of the molecule is Cl.O=C(NCCCC(F)(F)F)C1CC2CCCCC2N1. The quantitative estimate of drug-likeness (QED) is 0.784. The molecule has 7 heteroatoms. The summed E-state index contributed by atoms with van der Waals surface area (Å²) >= 11 is 0. The summed E-state index contributed by atoms with van der Waals surface area (Å²) in [6.07, 6.45) is 0.515. The third kappa shape index (κ3) is 5.13. The summed E-state index contributed by atoms with van der Waals surface area (Å²) in [6, 6.07) is 0.221. The van der Waals surface area contributed by atoms with Crippen LogP contribution in [-0.4, -0.2) is 30.7 Å². The van der Waals surface area contributed by atoms with Gasteiger partial charge < -0.3 is 10.6 Å². The Morgan fingerprint density at radius 2 is 1.95 bits per heavy atom. The van der Waals surface area contributed by atoms with Crippen LogP contribution < -0.4 is 10.6 Å². The van der Waals surface area contributed by atoms with Crippen LogP contribution in [0.4, 0.5) is 13.2 Å². The molecule has 3 unspecified atom stereocenters. The molecule has 0 aromatic heterocycles. The average molecular weight is 315 g/mol. The van der Waals surface area contributed by atoms with Gasteiger partial charge in [-0.1, -0.05) is 12.8 Å². The maximum absolute atomic E-state index is 12.0. The van der Waals surface area contributed by atoms with Gasteiger partial charge in [-0.3, -0.25) is 4.79 Å². The Labute approximate surface area is 123 Å². The predicted octanol–water partition coefficient (Wildman–Crippen LogP) is 2.79. The van der Waals surface area contributed by atoms with Crippen LogP contribution in [0.3, 0.4) is 0 Å². The van der Waals surface area contributed by atoms with Crippen molar-refractivity contribution in [2.45, 2.75) is 63.2 Å². The third-order valence-corrected chi connectivity index (χ3v) is 4.12. The van der Waals surface area contributed by atoms with Crippen molar-refractivity contribution < 1.29 is 18.0 Å². The molecule has 0 aromatic rings. The van der Waals surface area contributed by atoms with Crippen molar-refractivity contribution in [3.63, 3.8) is 0 Å². The van der Waals surface area contributed by atoms with Crippen molar-refractivity contribution in [1.29, 1.82) is 0 Å². The van der Waals surface area contributed by atoms with Gasteiger partial charge in [0.05, 0.1) is 6.04 Å². The molecular formula is C13H22ClF3N2O. The molecule has 20 heavy (non-hydrogen) atoms. The first kappa shape index (κ1) is 17.6. The molecular weight excluding hydrogens is 293 g/mol. The van der Waals surface area contributed by atoms with Crippen LogP contribution in [-0.2, 0) is 4.79 Å². The number of carbonyl (C=O) groups is 1. The summed E-state index contributed by atoms with van der Waals surface area (Å²) in [7, 11) is 0. The molecule has 1 amide bonds. The zero-order chi connectivity index (χ0) is 13.9. The van der Waals surface area contributed by atoms with Crippen LogP contribution in [0.25, 0.3) is 0 Å². The lowest BCUT2D eigenvalue weighted by Gasteiger charge is -2.24. The van der Waals surface area contributed by atoms with Crippen molar-refractivity contribution in [1.82, 2.24) is 10.6 Å². The molecule has 0 aromatic carbocycles. The minimum atomic E-state index is -4.13. The summed E-state index contributed by atoms with van der Waals surface area (Å²) in [6.45, 7) is 0.103. The highest BCUT2D eigenvalue weighted by atomic mass is 35.5. The third-order valence-electron chi connectivity index (χ3n) is 4.12. The number of halogens is 4. The Bertz CT molecular complexity index is 311. The minimum Gasteiger partial charge on any atom is -0.355 e. The summed E-state index contributed by atoms with van der Waals surface area (Å²) < 4.78 is 35.9. The molecule has 1 aliphatic heterocycles. The van der Waals surface area contributed by atoms with Crippen LogP contribution in [0, 0.1) is 5.92 Å². The van der Waals surface area contributed by atoms with Crippen LogP contribution in [0.2, 0.25) is 0 Å². The minimum absolute atomic E-state index is 0. The maximum Gasteiger partial charge on any atom is 0.389 e. The molecule has 2 aliphatic rings. The van der Waals surface area contributed by atoms with E-state index in [1.807, 2.05) is 0 Å². The summed E-state index contributed by atoms with van der Waals surface area (Å²) in [5.74, 6) is 0.427. The van der Waals surface area contributed by atoms with Gasteiger partial charge in [0.1, 0.15) is 0 Å². The Balaban J connectivity index is 0.00000200. The first-order valence-corrected chi connectivity index (χ1v) is 7.06. The van der Waals surface area contributed by atoms with Gasteiger partial charge in [0, 0.05) is 19.0 Å². The first-order chi connectivity index (χ1) is 8.96. The molecule has 2 N–H and O–H groups in total. The van der Waals surface area contributed by atoms with Crippen molar-refractivity contribution >= 4 is 18.3 Å². The van der Waals surface area contributed by atoms with Gasteiger partial charge in [-0.15, -0.1) is 12.4 Å². The molecule has 0 radical (unpaired) electrons. The Hall–Kier alpha value is -0.490. The summed E-state index contributed by atoms with van der Waals surface area (Å²) in [5.41, 5.74) is 0. The van der Waals surface area contributed by atoms with Crippen molar-refractivity contribution in [2.24, 2.45) is 5.92 Å². The normalized spacial score (nSPS) is 29.4. The van der Waals surface area contributed by atoms with E-state index in [2.05, 4.69) is 10.6 Å². The standard InChI is InChI=1S/C13H21F3N2O.ClH/c14-13(15,16)6-3-7-17-12(19)11-8-9-4-1-2-5-10(9)18-11;/h9-11,18H,1-8H2,(H,17,19);1H. The fourth-order valence-corrected chi connectivity index (χ4v) is 3.14. The van der Waals surface area contributed by atoms with E-state index in [0.29, 0.717) is 12.0 Å². The molecule has 0 bridgehead atoms. The van der Waals surface area contributed by atoms with Gasteiger partial charge in [-0.2, -0.15) is 13.2 Å². The van der Waals surface area contributed by atoms with E-state index in [1.165, 1.54) is 12.8 Å². The fraction of sp³-hybridized carbons (Fsp3) is 0.923. The van der Waals surface area contributed by atoms with Gasteiger partial charge >= 0.3 is 6.18 Å². The smallest absolute Gasteiger partial charge is 0.355 e. The molecule has 1 saturated heterocycles. The Kier molecular flexibility index (Phi) is 6.58. The molecule has 1 heterocycles. The monoisotopic (exact) mass is 314 g/mol. The number of alkyl halides is 3. The highest BCUT2D eigenvalue weighted by Gasteiger charge is 2.38. The molecule has 118 valence electrons. The number of amides is 1. The predicted molar refractivity (Wildman–Crippen MR) is 72.8 cm³/mol. The molecule has 1 aliphatic carbocycles. The van der Waals surface area contributed by atoms with E-state index >= 15 is 0 Å². The van der Waals surface area contributed by atoms with Crippen molar-refractivity contribution in [2.75, 3.05) is 6.54 Å². The zero-order valence-electron chi connectivity index (χ0n) is 11.3. The molecule has 1 saturated carbocycles. The van der Waals surface area contributed by atoms with E-state index in [1.54, 1.807) is 0 Å². The first-order valence-electron chi connectivity index (χ1n) is 7.06. The molecule has 2 rings (SSSR count). The fourth-order valence-electron chi connectivity index (χ4n) is 3.14. The zero-order valence-corrected chi connectivity index (χ0v) is 12.2. The van der Waals surface area contributed by atoms with Gasteiger partial charge in [0.25, 0.3) is 0 Å². The maximum atomic E-state index is 12.0. The van der Waals surface area contributed by atoms with Crippen LogP contribution in [0.15, 0.2) is 0 Å². The van der Waals surface area contributed by atoms with Gasteiger partial charge in [0.15, 0.2) is 0 Å². The summed E-state index contributed by atoms with van der Waals surface area (Å²) in [5, 5.41) is 5.92. The second kappa shape index (κ2) is 7.50. The number of carbonyl (C=O) groups excluding carboxylic acids is 1. The van der Waals surface area contributed by atoms with E-state index in [-0.39, 0.29) is 37.3 Å².